The van der Waals surface area contributed by atoms with Crippen LogP contribution in [0.5, 0.6) is 0 Å². The van der Waals surface area contributed by atoms with Crippen molar-refractivity contribution in [1.29, 1.82) is 0 Å². The van der Waals surface area contributed by atoms with Crippen LogP contribution in [0.15, 0.2) is 21.5 Å². The Kier molecular flexibility index (Phi) is 7.34. The average Bonchev–Trinajstić information content (AvgIpc) is 3.01. The minimum Gasteiger partial charge on any atom is -0.464 e. The molecule has 0 aliphatic heterocycles. The van der Waals surface area contributed by atoms with Crippen molar-refractivity contribution in [2.45, 2.75) is 40.3 Å². The minimum atomic E-state index is 0. The van der Waals surface area contributed by atoms with Crippen LogP contribution in [-0.2, 0) is 6.54 Å². The molecule has 0 amide bonds. The molecule has 1 atom stereocenters. The molecule has 2 heterocycles. The fourth-order valence-electron chi connectivity index (χ4n) is 1.93. The predicted molar refractivity (Wildman–Crippen MR) is 102 cm³/mol. The molecule has 0 fully saturated rings. The number of hydrogen-bond acceptors (Lipinski definition) is 4. The standard InChI is InChI=1S/C15H22N4OS.HI/c1-9-6-7-13(20-9)11(3)19-15(16-5)17-8-14-18-10(2)12(4)21-14;/h6-7,11H,8H2,1-5H3,(H2,16,17,19);1H. The summed E-state index contributed by atoms with van der Waals surface area (Å²) in [4.78, 5) is 10.0. The summed E-state index contributed by atoms with van der Waals surface area (Å²) in [5, 5.41) is 7.65. The number of hydrogen-bond donors (Lipinski definition) is 2. The lowest BCUT2D eigenvalue weighted by Gasteiger charge is -2.15. The predicted octanol–water partition coefficient (Wildman–Crippen LogP) is 3.71. The first-order valence-electron chi connectivity index (χ1n) is 6.96. The Balaban J connectivity index is 0.00000242. The van der Waals surface area contributed by atoms with E-state index in [9.17, 15) is 0 Å². The fourth-order valence-corrected chi connectivity index (χ4v) is 2.80. The Hall–Kier alpha value is -1.09. The van der Waals surface area contributed by atoms with Gasteiger partial charge in [0.2, 0.25) is 0 Å². The number of halogens is 1. The number of furan rings is 1. The molecule has 2 N–H and O–H groups in total. The van der Waals surface area contributed by atoms with Gasteiger partial charge in [0.25, 0.3) is 0 Å². The van der Waals surface area contributed by atoms with E-state index in [1.807, 2.05) is 32.9 Å². The summed E-state index contributed by atoms with van der Waals surface area (Å²) in [6.45, 7) is 8.77. The zero-order chi connectivity index (χ0) is 15.4. The van der Waals surface area contributed by atoms with Gasteiger partial charge in [-0.05, 0) is 39.8 Å². The van der Waals surface area contributed by atoms with Gasteiger partial charge in [0, 0.05) is 11.9 Å². The normalized spacial score (nSPS) is 12.7. The lowest BCUT2D eigenvalue weighted by molar-refractivity contribution is 0.441. The van der Waals surface area contributed by atoms with E-state index in [0.717, 1.165) is 28.2 Å². The second kappa shape index (κ2) is 8.52. The van der Waals surface area contributed by atoms with Crippen molar-refractivity contribution in [2.24, 2.45) is 4.99 Å². The SMILES string of the molecule is CN=C(NCc1nc(C)c(C)s1)NC(C)c1ccc(C)o1.I. The van der Waals surface area contributed by atoms with E-state index in [1.165, 1.54) is 4.88 Å². The van der Waals surface area contributed by atoms with Crippen molar-refractivity contribution in [1.82, 2.24) is 15.6 Å². The van der Waals surface area contributed by atoms with Gasteiger partial charge in [0.1, 0.15) is 16.5 Å². The number of aryl methyl sites for hydroxylation is 3. The number of aromatic nitrogens is 1. The molecule has 0 aliphatic carbocycles. The van der Waals surface area contributed by atoms with E-state index >= 15 is 0 Å². The van der Waals surface area contributed by atoms with E-state index < -0.39 is 0 Å². The molecular formula is C15H23IN4OS. The van der Waals surface area contributed by atoms with Crippen LogP contribution in [0.3, 0.4) is 0 Å². The van der Waals surface area contributed by atoms with Crippen LogP contribution >= 0.6 is 35.3 Å². The van der Waals surface area contributed by atoms with Crippen LogP contribution < -0.4 is 10.6 Å². The number of aliphatic imine (C=N–C) groups is 1. The summed E-state index contributed by atoms with van der Waals surface area (Å²) in [7, 11) is 1.76. The maximum Gasteiger partial charge on any atom is 0.191 e. The largest absolute Gasteiger partial charge is 0.464 e. The summed E-state index contributed by atoms with van der Waals surface area (Å²) >= 11 is 1.71. The second-order valence-electron chi connectivity index (χ2n) is 4.99. The van der Waals surface area contributed by atoms with Gasteiger partial charge >= 0.3 is 0 Å². The number of nitrogens with one attached hydrogen (secondary N) is 2. The third kappa shape index (κ3) is 4.98. The van der Waals surface area contributed by atoms with Gasteiger partial charge in [-0.15, -0.1) is 35.3 Å². The Morgan fingerprint density at radius 3 is 2.59 bits per heavy atom. The molecule has 2 aromatic rings. The van der Waals surface area contributed by atoms with E-state index in [1.54, 1.807) is 18.4 Å². The van der Waals surface area contributed by atoms with E-state index in [-0.39, 0.29) is 30.0 Å². The maximum absolute atomic E-state index is 5.62. The Morgan fingerprint density at radius 2 is 2.09 bits per heavy atom. The molecule has 122 valence electrons. The topological polar surface area (TPSA) is 62.5 Å². The van der Waals surface area contributed by atoms with Crippen molar-refractivity contribution in [3.63, 3.8) is 0 Å². The highest BCUT2D eigenvalue weighted by Crippen LogP contribution is 2.17. The van der Waals surface area contributed by atoms with Crippen LogP contribution in [0, 0.1) is 20.8 Å². The summed E-state index contributed by atoms with van der Waals surface area (Å²) in [6.07, 6.45) is 0. The zero-order valence-electron chi connectivity index (χ0n) is 13.6. The molecule has 0 bridgehead atoms. The smallest absolute Gasteiger partial charge is 0.191 e. The third-order valence-electron chi connectivity index (χ3n) is 3.24. The average molecular weight is 434 g/mol. The van der Waals surface area contributed by atoms with Gasteiger partial charge in [0.15, 0.2) is 5.96 Å². The summed E-state index contributed by atoms with van der Waals surface area (Å²) in [6, 6.07) is 4.00. The van der Waals surface area contributed by atoms with Gasteiger partial charge in [-0.25, -0.2) is 4.98 Å². The Labute approximate surface area is 152 Å². The molecule has 0 saturated heterocycles. The lowest BCUT2D eigenvalue weighted by Crippen LogP contribution is -2.38. The molecule has 0 saturated carbocycles. The first-order valence-corrected chi connectivity index (χ1v) is 7.77. The molecule has 0 spiro atoms. The monoisotopic (exact) mass is 434 g/mol. The van der Waals surface area contributed by atoms with Gasteiger partial charge in [-0.2, -0.15) is 0 Å². The molecule has 0 radical (unpaired) electrons. The molecule has 0 aliphatic rings. The number of guanidine groups is 1. The van der Waals surface area contributed by atoms with Crippen LogP contribution in [-0.4, -0.2) is 18.0 Å². The molecule has 2 rings (SSSR count). The van der Waals surface area contributed by atoms with Crippen molar-refractivity contribution in [3.05, 3.63) is 39.2 Å². The fraction of sp³-hybridized carbons (Fsp3) is 0.467. The summed E-state index contributed by atoms with van der Waals surface area (Å²) in [5.74, 6) is 2.55. The molecule has 1 unspecified atom stereocenters. The molecule has 5 nitrogen and oxygen atoms in total. The minimum absolute atomic E-state index is 0. The lowest BCUT2D eigenvalue weighted by atomic mass is 10.2. The van der Waals surface area contributed by atoms with E-state index in [0.29, 0.717) is 6.54 Å². The number of rotatable bonds is 4. The van der Waals surface area contributed by atoms with E-state index in [2.05, 4.69) is 27.5 Å². The highest BCUT2D eigenvalue weighted by Gasteiger charge is 2.11. The quantitative estimate of drug-likeness (QED) is 0.438. The Morgan fingerprint density at radius 1 is 1.36 bits per heavy atom. The highest BCUT2D eigenvalue weighted by atomic mass is 127. The van der Waals surface area contributed by atoms with Crippen molar-refractivity contribution in [3.8, 4) is 0 Å². The first kappa shape index (κ1) is 19.0. The number of nitrogens with zero attached hydrogens (tertiary/aromatic N) is 2. The maximum atomic E-state index is 5.62. The highest BCUT2D eigenvalue weighted by molar-refractivity contribution is 14.0. The molecular weight excluding hydrogens is 411 g/mol. The molecule has 22 heavy (non-hydrogen) atoms. The van der Waals surface area contributed by atoms with Crippen LogP contribution in [0.4, 0.5) is 0 Å². The van der Waals surface area contributed by atoms with Gasteiger partial charge in [-0.1, -0.05) is 0 Å². The van der Waals surface area contributed by atoms with Crippen LogP contribution in [0.1, 0.15) is 40.1 Å². The summed E-state index contributed by atoms with van der Waals surface area (Å²) < 4.78 is 5.62. The van der Waals surface area contributed by atoms with Gasteiger partial charge < -0.3 is 15.1 Å². The van der Waals surface area contributed by atoms with Crippen molar-refractivity contribution >= 4 is 41.3 Å². The Bertz CT molecular complexity index is 616. The first-order chi connectivity index (χ1) is 9.99. The zero-order valence-corrected chi connectivity index (χ0v) is 16.7. The van der Waals surface area contributed by atoms with Gasteiger partial charge in [0.05, 0.1) is 18.3 Å². The third-order valence-corrected chi connectivity index (χ3v) is 4.32. The second-order valence-corrected chi connectivity index (χ2v) is 6.28. The van der Waals surface area contributed by atoms with Crippen molar-refractivity contribution < 1.29 is 4.42 Å². The molecule has 0 aromatic carbocycles. The number of thiazole rings is 1. The molecule has 2 aromatic heterocycles. The molecule has 7 heteroatoms. The van der Waals surface area contributed by atoms with Crippen molar-refractivity contribution in [2.75, 3.05) is 7.05 Å². The van der Waals surface area contributed by atoms with Crippen LogP contribution in [0.2, 0.25) is 0 Å². The van der Waals surface area contributed by atoms with Crippen LogP contribution in [0.25, 0.3) is 0 Å². The van der Waals surface area contributed by atoms with E-state index in [4.69, 9.17) is 4.42 Å². The summed E-state index contributed by atoms with van der Waals surface area (Å²) in [5.41, 5.74) is 1.10. The van der Waals surface area contributed by atoms with Gasteiger partial charge in [-0.3, -0.25) is 4.99 Å².